The van der Waals surface area contributed by atoms with Crippen molar-refractivity contribution in [3.8, 4) is 5.75 Å². The number of carbonyl (C=O) groups excluding carboxylic acids is 1. The van der Waals surface area contributed by atoms with Crippen molar-refractivity contribution in [1.82, 2.24) is 9.97 Å². The van der Waals surface area contributed by atoms with Crippen molar-refractivity contribution in [1.29, 1.82) is 0 Å². The monoisotopic (exact) mass is 343 g/mol. The van der Waals surface area contributed by atoms with E-state index in [0.717, 1.165) is 6.20 Å². The quantitative estimate of drug-likeness (QED) is 0.789. The number of hydrogen-bond acceptors (Lipinski definition) is 4. The maximum absolute atomic E-state index is 12.3. The van der Waals surface area contributed by atoms with E-state index in [1.54, 1.807) is 6.92 Å². The Morgan fingerprint density at radius 3 is 2.68 bits per heavy atom. The number of anilines is 1. The van der Waals surface area contributed by atoms with Gasteiger partial charge in [-0.2, -0.15) is 0 Å². The Balaban J connectivity index is 2.40. The molecule has 116 valence electrons. The van der Waals surface area contributed by atoms with Crippen molar-refractivity contribution >= 4 is 34.8 Å². The van der Waals surface area contributed by atoms with Gasteiger partial charge in [-0.05, 0) is 19.1 Å². The number of aromatic nitrogens is 2. The summed E-state index contributed by atoms with van der Waals surface area (Å²) in [6.07, 6.45) is 1.09. The van der Waals surface area contributed by atoms with Crippen LogP contribution in [-0.2, 0) is 0 Å². The molecule has 1 amide bonds. The van der Waals surface area contributed by atoms with Crippen LogP contribution in [0.4, 0.5) is 5.69 Å². The Kier molecular flexibility index (Phi) is 4.89. The van der Waals surface area contributed by atoms with E-state index in [-0.39, 0.29) is 27.0 Å². The number of aromatic amines is 2. The second-order valence-corrected chi connectivity index (χ2v) is 4.98. The minimum Gasteiger partial charge on any atom is -0.491 e. The number of amides is 1. The second-order valence-electron chi connectivity index (χ2n) is 4.14. The van der Waals surface area contributed by atoms with Crippen molar-refractivity contribution in [3.63, 3.8) is 0 Å². The number of benzene rings is 1. The summed E-state index contributed by atoms with van der Waals surface area (Å²) in [7, 11) is 0. The van der Waals surface area contributed by atoms with Gasteiger partial charge in [0.05, 0.1) is 17.2 Å². The summed E-state index contributed by atoms with van der Waals surface area (Å²) in [5, 5.41) is 2.78. The van der Waals surface area contributed by atoms with Crippen LogP contribution >= 0.6 is 23.2 Å². The zero-order valence-corrected chi connectivity index (χ0v) is 12.8. The van der Waals surface area contributed by atoms with Crippen LogP contribution in [0.5, 0.6) is 5.75 Å². The maximum Gasteiger partial charge on any atom is 0.325 e. The fourth-order valence-electron chi connectivity index (χ4n) is 1.71. The molecule has 7 nitrogen and oxygen atoms in total. The standard InChI is InChI=1S/C13H11Cl2N3O4/c1-2-22-10-7(3-6(14)4-8(10)15)11(19)17-9-5-16-13(21)18-12(9)20/h3-5H,2H2,1H3,(H,17,19)(H2,16,18,20,21). The van der Waals surface area contributed by atoms with E-state index in [2.05, 4.69) is 10.3 Å². The molecule has 9 heteroatoms. The summed E-state index contributed by atoms with van der Waals surface area (Å²) in [4.78, 5) is 39.1. The molecular formula is C13H11Cl2N3O4. The Morgan fingerprint density at radius 1 is 1.32 bits per heavy atom. The fourth-order valence-corrected chi connectivity index (χ4v) is 2.26. The van der Waals surface area contributed by atoms with Gasteiger partial charge < -0.3 is 15.0 Å². The van der Waals surface area contributed by atoms with Gasteiger partial charge in [-0.15, -0.1) is 0 Å². The van der Waals surface area contributed by atoms with Crippen molar-refractivity contribution < 1.29 is 9.53 Å². The third-order valence-corrected chi connectivity index (χ3v) is 3.11. The highest BCUT2D eigenvalue weighted by molar-refractivity contribution is 6.36. The molecule has 2 rings (SSSR count). The lowest BCUT2D eigenvalue weighted by molar-refractivity contribution is 0.102. The largest absolute Gasteiger partial charge is 0.491 e. The van der Waals surface area contributed by atoms with Gasteiger partial charge in [0.1, 0.15) is 5.69 Å². The molecule has 2 aromatic rings. The van der Waals surface area contributed by atoms with Crippen LogP contribution in [0.15, 0.2) is 27.9 Å². The summed E-state index contributed by atoms with van der Waals surface area (Å²) in [6.45, 7) is 2.03. The molecule has 0 spiro atoms. The van der Waals surface area contributed by atoms with E-state index in [4.69, 9.17) is 27.9 Å². The highest BCUT2D eigenvalue weighted by Crippen LogP contribution is 2.32. The first-order valence-electron chi connectivity index (χ1n) is 6.17. The molecule has 1 heterocycles. The Bertz CT molecular complexity index is 829. The molecule has 1 aromatic heterocycles. The molecule has 0 aliphatic heterocycles. The van der Waals surface area contributed by atoms with Crippen LogP contribution in [0.3, 0.4) is 0 Å². The lowest BCUT2D eigenvalue weighted by Crippen LogP contribution is -2.26. The van der Waals surface area contributed by atoms with E-state index >= 15 is 0 Å². The van der Waals surface area contributed by atoms with Gasteiger partial charge in [-0.1, -0.05) is 23.2 Å². The van der Waals surface area contributed by atoms with Crippen LogP contribution in [0.2, 0.25) is 10.0 Å². The van der Waals surface area contributed by atoms with Crippen molar-refractivity contribution in [2.24, 2.45) is 0 Å². The summed E-state index contributed by atoms with van der Waals surface area (Å²) < 4.78 is 5.34. The third-order valence-electron chi connectivity index (χ3n) is 2.61. The SMILES string of the molecule is CCOc1c(Cl)cc(Cl)cc1C(=O)Nc1c[nH]c(=O)[nH]c1=O. The predicted octanol–water partition coefficient (Wildman–Crippen LogP) is 2.02. The first-order valence-corrected chi connectivity index (χ1v) is 6.93. The first kappa shape index (κ1) is 16.1. The van der Waals surface area contributed by atoms with Crippen molar-refractivity contribution in [2.75, 3.05) is 11.9 Å². The molecule has 0 radical (unpaired) electrons. The second kappa shape index (κ2) is 6.67. The molecule has 1 aromatic carbocycles. The van der Waals surface area contributed by atoms with E-state index in [0.29, 0.717) is 6.61 Å². The molecule has 0 aliphatic carbocycles. The Hall–Kier alpha value is -2.25. The molecule has 0 unspecified atom stereocenters. The normalized spacial score (nSPS) is 10.3. The number of rotatable bonds is 4. The van der Waals surface area contributed by atoms with Crippen molar-refractivity contribution in [2.45, 2.75) is 6.92 Å². The topological polar surface area (TPSA) is 104 Å². The minimum atomic E-state index is -0.733. The molecule has 0 atom stereocenters. The highest BCUT2D eigenvalue weighted by atomic mass is 35.5. The fraction of sp³-hybridized carbons (Fsp3) is 0.154. The number of H-pyrrole nitrogens is 2. The number of ether oxygens (including phenoxy) is 1. The molecular weight excluding hydrogens is 333 g/mol. The van der Waals surface area contributed by atoms with Crippen LogP contribution in [0, 0.1) is 0 Å². The summed E-state index contributed by atoms with van der Waals surface area (Å²) in [6, 6.07) is 2.81. The van der Waals surface area contributed by atoms with Gasteiger partial charge in [0.2, 0.25) is 0 Å². The van der Waals surface area contributed by atoms with Gasteiger partial charge in [0.15, 0.2) is 5.75 Å². The van der Waals surface area contributed by atoms with Gasteiger partial charge in [-0.3, -0.25) is 14.6 Å². The van der Waals surface area contributed by atoms with Crippen LogP contribution in [0.25, 0.3) is 0 Å². The molecule has 0 fully saturated rings. The Labute approximate surface area is 134 Å². The van der Waals surface area contributed by atoms with E-state index < -0.39 is 17.2 Å². The molecule has 0 saturated carbocycles. The van der Waals surface area contributed by atoms with Crippen LogP contribution in [-0.4, -0.2) is 22.5 Å². The highest BCUT2D eigenvalue weighted by Gasteiger charge is 2.18. The molecule has 0 aliphatic rings. The zero-order chi connectivity index (χ0) is 16.3. The van der Waals surface area contributed by atoms with Gasteiger partial charge >= 0.3 is 5.69 Å². The number of halogens is 2. The zero-order valence-electron chi connectivity index (χ0n) is 11.3. The first-order chi connectivity index (χ1) is 10.4. The van der Waals surface area contributed by atoms with Crippen molar-refractivity contribution in [3.05, 3.63) is 54.8 Å². The minimum absolute atomic E-state index is 0.0740. The molecule has 0 bridgehead atoms. The number of nitrogens with one attached hydrogen (secondary N) is 3. The van der Waals surface area contributed by atoms with E-state index in [1.165, 1.54) is 12.1 Å². The lowest BCUT2D eigenvalue weighted by atomic mass is 10.2. The summed E-state index contributed by atoms with van der Waals surface area (Å²) >= 11 is 11.9. The average Bonchev–Trinajstić information content (AvgIpc) is 2.44. The smallest absolute Gasteiger partial charge is 0.325 e. The van der Waals surface area contributed by atoms with Gasteiger partial charge in [0.25, 0.3) is 11.5 Å². The third kappa shape index (κ3) is 3.49. The van der Waals surface area contributed by atoms with E-state index in [9.17, 15) is 14.4 Å². The summed E-state index contributed by atoms with van der Waals surface area (Å²) in [5.41, 5.74) is -1.46. The van der Waals surface area contributed by atoms with Gasteiger partial charge in [-0.25, -0.2) is 4.79 Å². The number of hydrogen-bond donors (Lipinski definition) is 3. The average molecular weight is 344 g/mol. The van der Waals surface area contributed by atoms with E-state index in [1.807, 2.05) is 4.98 Å². The van der Waals surface area contributed by atoms with Crippen LogP contribution < -0.4 is 21.3 Å². The van der Waals surface area contributed by atoms with Crippen LogP contribution in [0.1, 0.15) is 17.3 Å². The Morgan fingerprint density at radius 2 is 2.05 bits per heavy atom. The lowest BCUT2D eigenvalue weighted by Gasteiger charge is -2.12. The van der Waals surface area contributed by atoms with Gasteiger partial charge in [0, 0.05) is 11.2 Å². The molecule has 3 N–H and O–H groups in total. The maximum atomic E-state index is 12.3. The summed E-state index contributed by atoms with van der Waals surface area (Å²) in [5.74, 6) is -0.489. The molecule has 0 saturated heterocycles. The predicted molar refractivity (Wildman–Crippen MR) is 83.3 cm³/mol. The number of carbonyl (C=O) groups is 1. The molecule has 22 heavy (non-hydrogen) atoms.